The Kier molecular flexibility index (Phi) is 4.75. The number of allylic oxidation sites excluding steroid dienone is 1. The lowest BCUT2D eigenvalue weighted by atomic mass is 9.97. The van der Waals surface area contributed by atoms with Crippen molar-refractivity contribution in [2.75, 3.05) is 0 Å². The maximum Gasteiger partial charge on any atom is 0.367 e. The molecular formula is C17H13BrF4. The summed E-state index contributed by atoms with van der Waals surface area (Å²) in [7, 11) is 0. The highest BCUT2D eigenvalue weighted by atomic mass is 79.9. The van der Waals surface area contributed by atoms with Gasteiger partial charge in [0.05, 0.1) is 0 Å². The SMILES string of the molecule is Cc1ccc(/C=C(\c2ccccc2)C(F)(F)C(F)(F)Br)cc1. The highest BCUT2D eigenvalue weighted by molar-refractivity contribution is 9.10. The fourth-order valence-electron chi connectivity index (χ4n) is 1.96. The topological polar surface area (TPSA) is 0 Å². The summed E-state index contributed by atoms with van der Waals surface area (Å²) >= 11 is 1.80. The molecule has 0 unspecified atom stereocenters. The van der Waals surface area contributed by atoms with Crippen LogP contribution in [-0.2, 0) is 0 Å². The van der Waals surface area contributed by atoms with Crippen LogP contribution >= 0.6 is 15.9 Å². The molecule has 0 aliphatic rings. The standard InChI is InChI=1S/C17H13BrF4/c1-12-7-9-13(10-8-12)11-15(14-5-3-2-4-6-14)16(19,20)17(18,21)22/h2-11H,1H3/b15-11+. The number of benzene rings is 2. The van der Waals surface area contributed by atoms with E-state index in [4.69, 9.17) is 0 Å². The minimum atomic E-state index is -4.35. The molecule has 0 aromatic heterocycles. The molecule has 0 fully saturated rings. The van der Waals surface area contributed by atoms with Crippen molar-refractivity contribution in [2.24, 2.45) is 0 Å². The molecule has 0 aliphatic heterocycles. The van der Waals surface area contributed by atoms with E-state index in [2.05, 4.69) is 0 Å². The second-order valence-corrected chi connectivity index (χ2v) is 5.90. The van der Waals surface area contributed by atoms with Crippen LogP contribution in [0.4, 0.5) is 17.6 Å². The average Bonchev–Trinajstić information content (AvgIpc) is 2.46. The van der Waals surface area contributed by atoms with Crippen LogP contribution in [0.25, 0.3) is 11.6 Å². The zero-order chi connectivity index (χ0) is 16.4. The first-order chi connectivity index (χ1) is 10.2. The molecule has 0 saturated heterocycles. The molecule has 0 heterocycles. The molecule has 116 valence electrons. The van der Waals surface area contributed by atoms with E-state index in [1.165, 1.54) is 24.3 Å². The molecule has 2 aromatic rings. The third-order valence-electron chi connectivity index (χ3n) is 3.17. The fourth-order valence-corrected chi connectivity index (χ4v) is 2.17. The van der Waals surface area contributed by atoms with Crippen LogP contribution in [0.15, 0.2) is 54.6 Å². The molecule has 5 heteroatoms. The van der Waals surface area contributed by atoms with Gasteiger partial charge in [0.15, 0.2) is 0 Å². The second kappa shape index (κ2) is 6.24. The third kappa shape index (κ3) is 3.58. The van der Waals surface area contributed by atoms with Crippen molar-refractivity contribution < 1.29 is 17.6 Å². The van der Waals surface area contributed by atoms with Gasteiger partial charge in [-0.2, -0.15) is 17.6 Å². The largest absolute Gasteiger partial charge is 0.367 e. The summed E-state index contributed by atoms with van der Waals surface area (Å²) < 4.78 is 55.0. The molecule has 0 saturated carbocycles. The lowest BCUT2D eigenvalue weighted by Crippen LogP contribution is -2.36. The van der Waals surface area contributed by atoms with Crippen LogP contribution in [-0.4, -0.2) is 10.8 Å². The summed E-state index contributed by atoms with van der Waals surface area (Å²) in [4.78, 5) is -4.34. The van der Waals surface area contributed by atoms with Gasteiger partial charge in [-0.3, -0.25) is 0 Å². The molecule has 0 radical (unpaired) electrons. The van der Waals surface area contributed by atoms with Crippen LogP contribution in [0.3, 0.4) is 0 Å². The molecule has 0 N–H and O–H groups in total. The molecule has 0 atom stereocenters. The predicted octanol–water partition coefficient (Wildman–Crippen LogP) is 6.16. The monoisotopic (exact) mass is 372 g/mol. The van der Waals surface area contributed by atoms with Crippen LogP contribution in [0.1, 0.15) is 16.7 Å². The number of halogens is 5. The van der Waals surface area contributed by atoms with Crippen LogP contribution < -0.4 is 0 Å². The molecule has 22 heavy (non-hydrogen) atoms. The maximum atomic E-state index is 14.2. The first kappa shape index (κ1) is 16.7. The first-order valence-corrected chi connectivity index (χ1v) is 7.30. The Morgan fingerprint density at radius 3 is 1.95 bits per heavy atom. The van der Waals surface area contributed by atoms with E-state index in [-0.39, 0.29) is 5.56 Å². The van der Waals surface area contributed by atoms with E-state index in [1.54, 1.807) is 46.3 Å². The van der Waals surface area contributed by atoms with Crippen LogP contribution in [0.5, 0.6) is 0 Å². The lowest BCUT2D eigenvalue weighted by molar-refractivity contribution is -0.103. The highest BCUT2D eigenvalue weighted by Gasteiger charge is 2.57. The van der Waals surface area contributed by atoms with Crippen LogP contribution in [0, 0.1) is 6.92 Å². The molecule has 0 amide bonds. The summed E-state index contributed by atoms with van der Waals surface area (Å²) in [6, 6.07) is 14.2. The average molecular weight is 373 g/mol. The second-order valence-electron chi connectivity index (χ2n) is 4.91. The Morgan fingerprint density at radius 1 is 0.909 bits per heavy atom. The van der Waals surface area contributed by atoms with E-state index < -0.39 is 16.3 Å². The van der Waals surface area contributed by atoms with Gasteiger partial charge in [-0.05, 0) is 40.1 Å². The van der Waals surface area contributed by atoms with Crippen molar-refractivity contribution in [2.45, 2.75) is 17.7 Å². The zero-order valence-electron chi connectivity index (χ0n) is 11.7. The highest BCUT2D eigenvalue weighted by Crippen LogP contribution is 2.48. The van der Waals surface area contributed by atoms with Crippen molar-refractivity contribution in [3.63, 3.8) is 0 Å². The maximum absolute atomic E-state index is 14.2. The Hall–Kier alpha value is -1.62. The zero-order valence-corrected chi connectivity index (χ0v) is 13.2. The summed E-state index contributed by atoms with van der Waals surface area (Å²) in [6.45, 7) is 1.85. The van der Waals surface area contributed by atoms with E-state index in [1.807, 2.05) is 6.92 Å². The summed E-state index contributed by atoms with van der Waals surface area (Å²) in [5.41, 5.74) is 0.697. The van der Waals surface area contributed by atoms with Crippen LogP contribution in [0.2, 0.25) is 0 Å². The number of hydrogen-bond acceptors (Lipinski definition) is 0. The third-order valence-corrected chi connectivity index (χ3v) is 3.67. The van der Waals surface area contributed by atoms with E-state index in [9.17, 15) is 17.6 Å². The molecule has 0 spiro atoms. The summed E-state index contributed by atoms with van der Waals surface area (Å²) in [5, 5.41) is 0. The van der Waals surface area contributed by atoms with E-state index in [0.29, 0.717) is 5.56 Å². The Balaban J connectivity index is 2.59. The number of aryl methyl sites for hydroxylation is 1. The predicted molar refractivity (Wildman–Crippen MR) is 84.3 cm³/mol. The van der Waals surface area contributed by atoms with Crippen molar-refractivity contribution in [3.05, 3.63) is 71.3 Å². The first-order valence-electron chi connectivity index (χ1n) is 6.50. The van der Waals surface area contributed by atoms with Crippen molar-refractivity contribution in [3.8, 4) is 0 Å². The summed E-state index contributed by atoms with van der Waals surface area (Å²) in [5.74, 6) is -4.35. The van der Waals surface area contributed by atoms with Gasteiger partial charge in [-0.1, -0.05) is 60.2 Å². The van der Waals surface area contributed by atoms with Gasteiger partial charge >= 0.3 is 10.8 Å². The Labute approximate surface area is 134 Å². The van der Waals surface area contributed by atoms with Gasteiger partial charge in [0, 0.05) is 5.57 Å². The normalized spacial score (nSPS) is 13.3. The van der Waals surface area contributed by atoms with E-state index >= 15 is 0 Å². The fraction of sp³-hybridized carbons (Fsp3) is 0.176. The number of hydrogen-bond donors (Lipinski definition) is 0. The minimum Gasteiger partial charge on any atom is -0.193 e. The van der Waals surface area contributed by atoms with Crippen molar-refractivity contribution in [1.29, 1.82) is 0 Å². The minimum absolute atomic E-state index is 0.0483. The van der Waals surface area contributed by atoms with Gasteiger partial charge in [0.25, 0.3) is 0 Å². The molecule has 0 aliphatic carbocycles. The lowest BCUT2D eigenvalue weighted by Gasteiger charge is -2.25. The smallest absolute Gasteiger partial charge is 0.193 e. The van der Waals surface area contributed by atoms with Crippen molar-refractivity contribution in [1.82, 2.24) is 0 Å². The summed E-state index contributed by atoms with van der Waals surface area (Å²) in [6.07, 6.45) is 1.09. The van der Waals surface area contributed by atoms with Gasteiger partial charge in [0.1, 0.15) is 0 Å². The molecular weight excluding hydrogens is 360 g/mol. The van der Waals surface area contributed by atoms with E-state index in [0.717, 1.165) is 11.6 Å². The molecule has 2 aromatic carbocycles. The molecule has 0 nitrogen and oxygen atoms in total. The Morgan fingerprint density at radius 2 is 1.45 bits per heavy atom. The Bertz CT molecular complexity index is 655. The quantitative estimate of drug-likeness (QED) is 0.342. The van der Waals surface area contributed by atoms with Gasteiger partial charge < -0.3 is 0 Å². The van der Waals surface area contributed by atoms with Gasteiger partial charge in [0.2, 0.25) is 0 Å². The van der Waals surface area contributed by atoms with Gasteiger partial charge in [-0.25, -0.2) is 0 Å². The number of alkyl halides is 5. The molecule has 2 rings (SSSR count). The van der Waals surface area contributed by atoms with Gasteiger partial charge in [-0.15, -0.1) is 0 Å². The van der Waals surface area contributed by atoms with Crippen molar-refractivity contribution >= 4 is 27.6 Å². The molecule has 0 bridgehead atoms. The number of rotatable bonds is 4.